The van der Waals surface area contributed by atoms with Gasteiger partial charge >= 0.3 is 5.91 Å². The Morgan fingerprint density at radius 2 is 1.84 bits per heavy atom. The summed E-state index contributed by atoms with van der Waals surface area (Å²) in [5.74, 6) is 1.91. The Bertz CT molecular complexity index is 935. The summed E-state index contributed by atoms with van der Waals surface area (Å²) in [5.41, 5.74) is 3.94. The molecule has 0 aromatic carbocycles. The van der Waals surface area contributed by atoms with E-state index >= 15 is 0 Å². The smallest absolute Gasteiger partial charge is 0.309 e. The molecule has 7 nitrogen and oxygen atoms in total. The molecule has 0 spiro atoms. The average Bonchev–Trinajstić information content (AvgIpc) is 3.16. The van der Waals surface area contributed by atoms with E-state index in [-0.39, 0.29) is 11.8 Å². The van der Waals surface area contributed by atoms with Crippen molar-refractivity contribution in [1.29, 1.82) is 0 Å². The fraction of sp³-hybridized carbons (Fsp3) is 0.500. The number of carbonyl (C=O) groups excluding carboxylic acids is 2. The van der Waals surface area contributed by atoms with Crippen LogP contribution in [0.5, 0.6) is 0 Å². The summed E-state index contributed by atoms with van der Waals surface area (Å²) in [6.45, 7) is 13.5. The van der Waals surface area contributed by atoms with Gasteiger partial charge in [0, 0.05) is 37.9 Å². The number of anilines is 1. The first-order chi connectivity index (χ1) is 14.8. The lowest BCUT2D eigenvalue weighted by Gasteiger charge is -2.36. The maximum Gasteiger partial charge on any atom is 0.309 e. The normalized spacial score (nSPS) is 17.6. The number of pyridine rings is 1. The summed E-state index contributed by atoms with van der Waals surface area (Å²) < 4.78 is 0. The van der Waals surface area contributed by atoms with Gasteiger partial charge < -0.3 is 9.80 Å². The third-order valence-electron chi connectivity index (χ3n) is 5.79. The van der Waals surface area contributed by atoms with Crippen molar-refractivity contribution in [3.8, 4) is 0 Å². The highest BCUT2D eigenvalue weighted by atomic mass is 16.2. The number of hydrogen-bond donors (Lipinski definition) is 1. The quantitative estimate of drug-likeness (QED) is 0.572. The molecule has 0 radical (unpaired) electrons. The van der Waals surface area contributed by atoms with Gasteiger partial charge in [-0.15, -0.1) is 0 Å². The molecule has 2 saturated heterocycles. The topological polar surface area (TPSA) is 70.7 Å². The number of allylic oxidation sites excluding steroid dienone is 2. The molecule has 1 aromatic rings. The Morgan fingerprint density at radius 3 is 2.39 bits per heavy atom. The Kier molecular flexibility index (Phi) is 7.25. The van der Waals surface area contributed by atoms with Crippen molar-refractivity contribution in [2.24, 2.45) is 0 Å². The molecular formula is C24H34N5O2+. The van der Waals surface area contributed by atoms with E-state index in [1.165, 1.54) is 0 Å². The molecule has 0 aliphatic carbocycles. The van der Waals surface area contributed by atoms with E-state index in [1.54, 1.807) is 11.1 Å². The van der Waals surface area contributed by atoms with Crippen molar-refractivity contribution in [2.45, 2.75) is 47.5 Å². The van der Waals surface area contributed by atoms with Gasteiger partial charge in [-0.05, 0) is 52.2 Å². The number of hydrogen-bond acceptors (Lipinski definition) is 4. The molecule has 7 heteroatoms. The number of likely N-dealkylation sites (tertiary alicyclic amines) is 1. The molecule has 1 aromatic heterocycles. The fourth-order valence-corrected chi connectivity index (χ4v) is 4.13. The van der Waals surface area contributed by atoms with Crippen LogP contribution < -0.4 is 9.89 Å². The van der Waals surface area contributed by atoms with Gasteiger partial charge in [0.15, 0.2) is 0 Å². The molecule has 0 unspecified atom stereocenters. The molecule has 2 aliphatic rings. The minimum Gasteiger partial charge on any atom is -0.353 e. The van der Waals surface area contributed by atoms with Gasteiger partial charge in [-0.3, -0.25) is 4.79 Å². The van der Waals surface area contributed by atoms with Crippen LogP contribution in [0.3, 0.4) is 0 Å². The predicted octanol–water partition coefficient (Wildman–Crippen LogP) is 1.32. The third-order valence-corrected chi connectivity index (χ3v) is 5.79. The van der Waals surface area contributed by atoms with E-state index in [1.807, 2.05) is 44.9 Å². The first-order valence-electron chi connectivity index (χ1n) is 11.0. The lowest BCUT2D eigenvalue weighted by Crippen LogP contribution is -2.72. The van der Waals surface area contributed by atoms with E-state index < -0.39 is 0 Å². The maximum absolute atomic E-state index is 13.1. The van der Waals surface area contributed by atoms with Crippen molar-refractivity contribution >= 4 is 23.8 Å². The van der Waals surface area contributed by atoms with Gasteiger partial charge in [0.2, 0.25) is 0 Å². The Hall–Kier alpha value is -2.96. The van der Waals surface area contributed by atoms with Crippen molar-refractivity contribution < 1.29 is 14.6 Å². The third kappa shape index (κ3) is 5.21. The number of nitrogens with one attached hydrogen (secondary N) is 1. The second-order valence-electron chi connectivity index (χ2n) is 8.46. The predicted molar refractivity (Wildman–Crippen MR) is 123 cm³/mol. The van der Waals surface area contributed by atoms with Gasteiger partial charge in [0.05, 0.1) is 18.5 Å². The standard InChI is InChI=1S/C24H33N5O2/c1-6-20(16-26-22(17(2)3)29-9-7-8-21(29)30)24(31)28-12-10-27(11-13-28)23-19(5)14-18(4)15-25-23/h6,14-16H,7-13H2,1-5H3/p+1/b20-6-,26-16-. The van der Waals surface area contributed by atoms with Crippen LogP contribution in [0.4, 0.5) is 5.82 Å². The zero-order valence-electron chi connectivity index (χ0n) is 19.4. The number of piperazine rings is 1. The number of nitrogens with zero attached hydrogens (tertiary/aromatic N) is 4. The molecule has 2 aliphatic heterocycles. The molecule has 2 fully saturated rings. The van der Waals surface area contributed by atoms with Crippen LogP contribution in [0.1, 0.15) is 44.7 Å². The van der Waals surface area contributed by atoms with E-state index in [0.29, 0.717) is 31.6 Å². The van der Waals surface area contributed by atoms with Crippen LogP contribution in [0.2, 0.25) is 0 Å². The molecule has 0 atom stereocenters. The second kappa shape index (κ2) is 9.90. The van der Waals surface area contributed by atoms with E-state index in [0.717, 1.165) is 47.8 Å². The van der Waals surface area contributed by atoms with Crippen molar-refractivity contribution in [3.05, 3.63) is 46.4 Å². The minimum absolute atomic E-state index is 0.00379. The monoisotopic (exact) mass is 424 g/mol. The summed E-state index contributed by atoms with van der Waals surface area (Å²) in [5, 5.41) is 0. The van der Waals surface area contributed by atoms with Crippen molar-refractivity contribution in [2.75, 3.05) is 37.6 Å². The highest BCUT2D eigenvalue weighted by Crippen LogP contribution is 2.20. The Balaban J connectivity index is 1.65. The molecule has 166 valence electrons. The highest BCUT2D eigenvalue weighted by molar-refractivity contribution is 6.10. The van der Waals surface area contributed by atoms with E-state index in [2.05, 4.69) is 27.9 Å². The van der Waals surface area contributed by atoms with E-state index in [4.69, 9.17) is 0 Å². The molecule has 2 amide bonds. The van der Waals surface area contributed by atoms with Gasteiger partial charge in [-0.1, -0.05) is 12.1 Å². The molecule has 1 N–H and O–H groups in total. The van der Waals surface area contributed by atoms with Crippen LogP contribution in [0, 0.1) is 13.8 Å². The number of amides is 2. The lowest BCUT2D eigenvalue weighted by molar-refractivity contribution is -0.413. The fourth-order valence-electron chi connectivity index (χ4n) is 4.13. The highest BCUT2D eigenvalue weighted by Gasteiger charge is 2.32. The summed E-state index contributed by atoms with van der Waals surface area (Å²) in [6.07, 6.45) is 6.89. The summed E-state index contributed by atoms with van der Waals surface area (Å²) in [7, 11) is 0. The average molecular weight is 425 g/mol. The van der Waals surface area contributed by atoms with E-state index in [9.17, 15) is 9.59 Å². The van der Waals surface area contributed by atoms with Gasteiger partial charge in [0.25, 0.3) is 11.7 Å². The number of rotatable bonds is 5. The summed E-state index contributed by atoms with van der Waals surface area (Å²) in [4.78, 5) is 39.0. The molecule has 3 heterocycles. The summed E-state index contributed by atoms with van der Waals surface area (Å²) >= 11 is 0. The SMILES string of the molecule is C/C=C(/C=[NH+]\C(=C(C)C)N1CCCC1=O)C(=O)N1CCN(c2ncc(C)cc2C)CC1. The van der Waals surface area contributed by atoms with Crippen LogP contribution in [-0.4, -0.2) is 65.5 Å². The zero-order chi connectivity index (χ0) is 22.5. The maximum atomic E-state index is 13.1. The molecule has 0 bridgehead atoms. The van der Waals surface area contributed by atoms with Crippen LogP contribution in [0.15, 0.2) is 35.3 Å². The zero-order valence-corrected chi connectivity index (χ0v) is 19.4. The van der Waals surface area contributed by atoms with Crippen LogP contribution in [0.25, 0.3) is 0 Å². The number of aromatic nitrogens is 1. The lowest BCUT2D eigenvalue weighted by atomic mass is 10.1. The molecule has 3 rings (SSSR count). The van der Waals surface area contributed by atoms with Gasteiger partial charge in [0.1, 0.15) is 12.0 Å². The number of carbonyl (C=O) groups is 2. The number of aryl methyl sites for hydroxylation is 2. The molecular weight excluding hydrogens is 390 g/mol. The van der Waals surface area contributed by atoms with Crippen molar-refractivity contribution in [1.82, 2.24) is 14.8 Å². The summed E-state index contributed by atoms with van der Waals surface area (Å²) in [6, 6.07) is 2.14. The second-order valence-corrected chi connectivity index (χ2v) is 8.46. The molecule has 0 saturated carbocycles. The Morgan fingerprint density at radius 1 is 1.13 bits per heavy atom. The first kappa shape index (κ1) is 22.7. The largest absolute Gasteiger partial charge is 0.353 e. The first-order valence-corrected chi connectivity index (χ1v) is 11.0. The van der Waals surface area contributed by atoms with Crippen LogP contribution >= 0.6 is 0 Å². The van der Waals surface area contributed by atoms with Gasteiger partial charge in [-0.2, -0.15) is 4.90 Å². The Labute approximate surface area is 185 Å². The van der Waals surface area contributed by atoms with Crippen LogP contribution in [-0.2, 0) is 9.59 Å². The van der Waals surface area contributed by atoms with Gasteiger partial charge in [-0.25, -0.2) is 14.8 Å². The minimum atomic E-state index is 0.00379. The molecule has 31 heavy (non-hydrogen) atoms. The van der Waals surface area contributed by atoms with Crippen molar-refractivity contribution in [3.63, 3.8) is 0 Å².